The zero-order chi connectivity index (χ0) is 10.4. The van der Waals surface area contributed by atoms with Crippen LogP contribution in [0.5, 0.6) is 5.75 Å². The van der Waals surface area contributed by atoms with Gasteiger partial charge in [-0.1, -0.05) is 31.9 Å². The number of hydrogen-bond donors (Lipinski definition) is 0. The molecule has 0 spiro atoms. The SMILES string of the molecule is Fc1cc(Br)ccc1OCCCCBr. The molecular weight excluding hydrogens is 315 g/mol. The van der Waals surface area contributed by atoms with Gasteiger partial charge < -0.3 is 4.74 Å². The van der Waals surface area contributed by atoms with Crippen LogP contribution in [0.2, 0.25) is 0 Å². The zero-order valence-corrected chi connectivity index (χ0v) is 10.8. The summed E-state index contributed by atoms with van der Waals surface area (Å²) in [5.41, 5.74) is 0. The fraction of sp³-hybridized carbons (Fsp3) is 0.400. The van der Waals surface area contributed by atoms with Crippen molar-refractivity contribution < 1.29 is 9.13 Å². The molecule has 0 aliphatic rings. The highest BCUT2D eigenvalue weighted by atomic mass is 79.9. The van der Waals surface area contributed by atoms with Crippen molar-refractivity contribution in [1.82, 2.24) is 0 Å². The van der Waals surface area contributed by atoms with Crippen molar-refractivity contribution in [3.05, 3.63) is 28.5 Å². The standard InChI is InChI=1S/C10H11Br2FO/c11-5-1-2-6-14-10-4-3-8(12)7-9(10)13/h3-4,7H,1-2,5-6H2. The Kier molecular flexibility index (Phi) is 5.48. The Labute approximate surface area is 99.9 Å². The lowest BCUT2D eigenvalue weighted by molar-refractivity contribution is 0.294. The summed E-state index contributed by atoms with van der Waals surface area (Å²) < 4.78 is 19.2. The molecular formula is C10H11Br2FO. The van der Waals surface area contributed by atoms with E-state index in [1.54, 1.807) is 12.1 Å². The van der Waals surface area contributed by atoms with E-state index in [2.05, 4.69) is 31.9 Å². The second kappa shape index (κ2) is 6.40. The highest BCUT2D eigenvalue weighted by molar-refractivity contribution is 9.10. The monoisotopic (exact) mass is 324 g/mol. The predicted molar refractivity (Wildman–Crippen MR) is 62.6 cm³/mol. The smallest absolute Gasteiger partial charge is 0.166 e. The maximum atomic E-state index is 13.2. The molecule has 0 atom stereocenters. The van der Waals surface area contributed by atoms with Crippen molar-refractivity contribution >= 4 is 31.9 Å². The number of unbranched alkanes of at least 4 members (excludes halogenated alkanes) is 1. The van der Waals surface area contributed by atoms with E-state index in [1.807, 2.05) is 0 Å². The Morgan fingerprint density at radius 3 is 2.71 bits per heavy atom. The number of alkyl halides is 1. The van der Waals surface area contributed by atoms with Gasteiger partial charge in [0.05, 0.1) is 6.61 Å². The molecule has 0 aliphatic carbocycles. The van der Waals surface area contributed by atoms with E-state index >= 15 is 0 Å². The third kappa shape index (κ3) is 3.96. The maximum absolute atomic E-state index is 13.2. The van der Waals surface area contributed by atoms with E-state index < -0.39 is 0 Å². The van der Waals surface area contributed by atoms with Gasteiger partial charge >= 0.3 is 0 Å². The second-order valence-corrected chi connectivity index (χ2v) is 4.53. The Bertz CT molecular complexity index is 291. The quantitative estimate of drug-likeness (QED) is 0.584. The van der Waals surface area contributed by atoms with Crippen molar-refractivity contribution in [2.75, 3.05) is 11.9 Å². The molecule has 1 aromatic rings. The van der Waals surface area contributed by atoms with Gasteiger partial charge in [-0.3, -0.25) is 0 Å². The van der Waals surface area contributed by atoms with Gasteiger partial charge in [-0.25, -0.2) is 4.39 Å². The largest absolute Gasteiger partial charge is 0.491 e. The minimum atomic E-state index is -0.321. The van der Waals surface area contributed by atoms with Crippen LogP contribution < -0.4 is 4.74 Å². The van der Waals surface area contributed by atoms with Gasteiger partial charge in [0.15, 0.2) is 11.6 Å². The van der Waals surface area contributed by atoms with E-state index in [0.29, 0.717) is 12.4 Å². The van der Waals surface area contributed by atoms with E-state index in [4.69, 9.17) is 4.74 Å². The first kappa shape index (κ1) is 12.0. The molecule has 0 aliphatic heterocycles. The van der Waals surface area contributed by atoms with E-state index in [9.17, 15) is 4.39 Å². The van der Waals surface area contributed by atoms with Gasteiger partial charge in [-0.2, -0.15) is 0 Å². The Hall–Kier alpha value is -0.0900. The van der Waals surface area contributed by atoms with Gasteiger partial charge in [0.2, 0.25) is 0 Å². The highest BCUT2D eigenvalue weighted by Gasteiger charge is 2.02. The van der Waals surface area contributed by atoms with Crippen LogP contribution in [0.25, 0.3) is 0 Å². The number of benzene rings is 1. The number of ether oxygens (including phenoxy) is 1. The zero-order valence-electron chi connectivity index (χ0n) is 7.60. The van der Waals surface area contributed by atoms with Crippen LogP contribution in [0.15, 0.2) is 22.7 Å². The molecule has 78 valence electrons. The van der Waals surface area contributed by atoms with Crippen LogP contribution in [0.4, 0.5) is 4.39 Å². The van der Waals surface area contributed by atoms with Gasteiger partial charge in [0.25, 0.3) is 0 Å². The highest BCUT2D eigenvalue weighted by Crippen LogP contribution is 2.21. The maximum Gasteiger partial charge on any atom is 0.166 e. The minimum absolute atomic E-state index is 0.321. The molecule has 0 aromatic heterocycles. The first-order chi connectivity index (χ1) is 6.74. The van der Waals surface area contributed by atoms with Crippen molar-refractivity contribution in [3.63, 3.8) is 0 Å². The van der Waals surface area contributed by atoms with Crippen LogP contribution >= 0.6 is 31.9 Å². The lowest BCUT2D eigenvalue weighted by atomic mass is 10.3. The van der Waals surface area contributed by atoms with Crippen LogP contribution in [0.3, 0.4) is 0 Å². The average Bonchev–Trinajstić information content (AvgIpc) is 2.15. The fourth-order valence-electron chi connectivity index (χ4n) is 0.971. The molecule has 0 fully saturated rings. The Morgan fingerprint density at radius 1 is 1.29 bits per heavy atom. The molecule has 0 amide bonds. The molecule has 1 nitrogen and oxygen atoms in total. The average molecular weight is 326 g/mol. The molecule has 0 heterocycles. The van der Waals surface area contributed by atoms with E-state index in [0.717, 1.165) is 22.6 Å². The van der Waals surface area contributed by atoms with Gasteiger partial charge in [0.1, 0.15) is 0 Å². The molecule has 14 heavy (non-hydrogen) atoms. The number of halogens is 3. The van der Waals surface area contributed by atoms with Gasteiger partial charge in [-0.15, -0.1) is 0 Å². The summed E-state index contributed by atoms with van der Waals surface area (Å²) in [5.74, 6) is 0.000916. The van der Waals surface area contributed by atoms with Crippen molar-refractivity contribution in [2.24, 2.45) is 0 Å². The molecule has 0 unspecified atom stereocenters. The minimum Gasteiger partial charge on any atom is -0.491 e. The lowest BCUT2D eigenvalue weighted by Crippen LogP contribution is -1.99. The molecule has 0 saturated carbocycles. The number of rotatable bonds is 5. The van der Waals surface area contributed by atoms with Crippen molar-refractivity contribution in [3.8, 4) is 5.75 Å². The number of hydrogen-bond acceptors (Lipinski definition) is 1. The predicted octanol–water partition coefficient (Wildman–Crippen LogP) is 4.14. The summed E-state index contributed by atoms with van der Waals surface area (Å²) in [4.78, 5) is 0. The molecule has 4 heteroatoms. The van der Waals surface area contributed by atoms with Crippen molar-refractivity contribution in [2.45, 2.75) is 12.8 Å². The lowest BCUT2D eigenvalue weighted by Gasteiger charge is -2.06. The summed E-state index contributed by atoms with van der Waals surface area (Å²) in [7, 11) is 0. The molecule has 1 aromatic carbocycles. The molecule has 0 saturated heterocycles. The van der Waals surface area contributed by atoms with Crippen LogP contribution in [-0.2, 0) is 0 Å². The summed E-state index contributed by atoms with van der Waals surface area (Å²) >= 11 is 6.51. The van der Waals surface area contributed by atoms with Crippen LogP contribution in [-0.4, -0.2) is 11.9 Å². The molecule has 0 bridgehead atoms. The Balaban J connectivity index is 2.42. The summed E-state index contributed by atoms with van der Waals surface area (Å²) in [6, 6.07) is 4.80. The third-order valence-corrected chi connectivity index (χ3v) is 2.73. The van der Waals surface area contributed by atoms with E-state index in [1.165, 1.54) is 6.07 Å². The van der Waals surface area contributed by atoms with Crippen LogP contribution in [0.1, 0.15) is 12.8 Å². The molecule has 0 N–H and O–H groups in total. The van der Waals surface area contributed by atoms with E-state index in [-0.39, 0.29) is 5.82 Å². The molecule has 1 rings (SSSR count). The summed E-state index contributed by atoms with van der Waals surface area (Å²) in [6.07, 6.45) is 1.97. The fourth-order valence-corrected chi connectivity index (χ4v) is 1.70. The summed E-state index contributed by atoms with van der Waals surface area (Å²) in [5, 5.41) is 0.958. The second-order valence-electron chi connectivity index (χ2n) is 2.82. The normalized spacial score (nSPS) is 10.2. The Morgan fingerprint density at radius 2 is 2.07 bits per heavy atom. The third-order valence-electron chi connectivity index (χ3n) is 1.68. The molecule has 0 radical (unpaired) electrons. The topological polar surface area (TPSA) is 9.23 Å². The van der Waals surface area contributed by atoms with Crippen molar-refractivity contribution in [1.29, 1.82) is 0 Å². The van der Waals surface area contributed by atoms with Gasteiger partial charge in [-0.05, 0) is 31.0 Å². The first-order valence-electron chi connectivity index (χ1n) is 4.38. The summed E-state index contributed by atoms with van der Waals surface area (Å²) in [6.45, 7) is 0.560. The van der Waals surface area contributed by atoms with Gasteiger partial charge in [0, 0.05) is 9.80 Å². The first-order valence-corrected chi connectivity index (χ1v) is 6.29. The van der Waals surface area contributed by atoms with Crippen LogP contribution in [0, 0.1) is 5.82 Å².